The summed E-state index contributed by atoms with van der Waals surface area (Å²) in [5.41, 5.74) is 6.62. The number of hydrogen-bond acceptors (Lipinski definition) is 6. The third-order valence-corrected chi connectivity index (χ3v) is 4.26. The number of rotatable bonds is 4. The van der Waals surface area contributed by atoms with Crippen molar-refractivity contribution in [3.8, 4) is 0 Å². The van der Waals surface area contributed by atoms with Crippen molar-refractivity contribution in [2.45, 2.75) is 6.18 Å². The van der Waals surface area contributed by atoms with E-state index in [1.807, 2.05) is 30.3 Å². The Morgan fingerprint density at radius 1 is 0.759 bits per heavy atom. The molecule has 0 spiro atoms. The molecule has 0 saturated carbocycles. The van der Waals surface area contributed by atoms with Crippen LogP contribution < -0.4 is 16.4 Å². The Balaban J connectivity index is 1.69. The van der Waals surface area contributed by atoms with Gasteiger partial charge in [-0.05, 0) is 24.3 Å². The number of anilines is 5. The highest BCUT2D eigenvalue weighted by Crippen LogP contribution is 2.37. The van der Waals surface area contributed by atoms with Gasteiger partial charge in [-0.15, -0.1) is 0 Å². The average molecular weight is 396 g/mol. The van der Waals surface area contributed by atoms with E-state index in [4.69, 9.17) is 5.73 Å². The van der Waals surface area contributed by atoms with Gasteiger partial charge in [0, 0.05) is 11.6 Å². The molecular formula is C20H15F3N6. The van der Waals surface area contributed by atoms with Gasteiger partial charge in [0.1, 0.15) is 12.0 Å². The van der Waals surface area contributed by atoms with E-state index in [0.717, 1.165) is 11.5 Å². The lowest BCUT2D eigenvalue weighted by Crippen LogP contribution is -2.10. The summed E-state index contributed by atoms with van der Waals surface area (Å²) in [6, 6.07) is 14.4. The molecule has 0 bridgehead atoms. The first-order chi connectivity index (χ1) is 13.9. The molecule has 2 aromatic carbocycles. The highest BCUT2D eigenvalue weighted by molar-refractivity contribution is 5.93. The van der Waals surface area contributed by atoms with Crippen LogP contribution in [-0.2, 0) is 6.18 Å². The predicted octanol–water partition coefficient (Wildman–Crippen LogP) is 5.11. The van der Waals surface area contributed by atoms with Crippen LogP contribution in [0.1, 0.15) is 5.56 Å². The Labute approximate surface area is 163 Å². The summed E-state index contributed by atoms with van der Waals surface area (Å²) in [5.74, 6) is 0.317. The number of nitrogens with zero attached hydrogens (tertiary/aromatic N) is 3. The van der Waals surface area contributed by atoms with E-state index in [0.29, 0.717) is 11.2 Å². The van der Waals surface area contributed by atoms with Gasteiger partial charge in [-0.2, -0.15) is 13.2 Å². The van der Waals surface area contributed by atoms with Gasteiger partial charge in [-0.3, -0.25) is 4.98 Å². The van der Waals surface area contributed by atoms with Crippen LogP contribution in [0.15, 0.2) is 67.1 Å². The van der Waals surface area contributed by atoms with Crippen molar-refractivity contribution >= 4 is 39.6 Å². The summed E-state index contributed by atoms with van der Waals surface area (Å²) < 4.78 is 39.7. The maximum absolute atomic E-state index is 13.2. The molecule has 4 N–H and O–H groups in total. The van der Waals surface area contributed by atoms with Gasteiger partial charge < -0.3 is 16.4 Å². The fraction of sp³-hybridized carbons (Fsp3) is 0.0500. The zero-order valence-corrected chi connectivity index (χ0v) is 14.9. The lowest BCUT2D eigenvalue weighted by atomic mass is 10.1. The normalized spacial score (nSPS) is 11.4. The third-order valence-electron chi connectivity index (χ3n) is 4.26. The lowest BCUT2D eigenvalue weighted by molar-refractivity contribution is -0.136. The minimum Gasteiger partial charge on any atom is -0.393 e. The van der Waals surface area contributed by atoms with Crippen LogP contribution in [-0.4, -0.2) is 15.0 Å². The number of hydrogen-bond donors (Lipinski definition) is 3. The first-order valence-corrected chi connectivity index (χ1v) is 8.58. The molecule has 29 heavy (non-hydrogen) atoms. The van der Waals surface area contributed by atoms with Crippen molar-refractivity contribution in [3.05, 3.63) is 72.7 Å². The molecule has 2 aromatic heterocycles. The maximum Gasteiger partial charge on any atom is 0.418 e. The summed E-state index contributed by atoms with van der Waals surface area (Å²) in [7, 11) is 0. The van der Waals surface area contributed by atoms with Crippen molar-refractivity contribution < 1.29 is 13.2 Å². The molecule has 0 unspecified atom stereocenters. The van der Waals surface area contributed by atoms with E-state index in [1.165, 1.54) is 24.5 Å². The number of pyridine rings is 1. The first kappa shape index (κ1) is 18.5. The summed E-state index contributed by atoms with van der Waals surface area (Å²) in [5, 5.41) is 6.66. The monoisotopic (exact) mass is 396 g/mol. The number of nitrogens with two attached hydrogens (primary N) is 1. The van der Waals surface area contributed by atoms with E-state index in [2.05, 4.69) is 25.6 Å². The number of aromatic nitrogens is 3. The second kappa shape index (κ2) is 7.27. The van der Waals surface area contributed by atoms with E-state index in [1.54, 1.807) is 6.20 Å². The van der Waals surface area contributed by atoms with Crippen LogP contribution in [0, 0.1) is 0 Å². The second-order valence-electron chi connectivity index (χ2n) is 6.16. The third kappa shape index (κ3) is 3.75. The summed E-state index contributed by atoms with van der Waals surface area (Å²) in [6.07, 6.45) is -1.63. The van der Waals surface area contributed by atoms with Crippen LogP contribution in [0.25, 0.3) is 10.9 Å². The standard InChI is InChI=1S/C20H15F3N6/c21-20(22,23)13-7-1-2-8-14(13)28-18-16(24)19(27-11-26-18)29-15-9-3-5-12-6-4-10-25-17(12)15/h1-11H,24H2,(H2,26,27,28,29). The zero-order chi connectivity index (χ0) is 20.4. The number of fused-ring (bicyclic) bond motifs is 1. The van der Waals surface area contributed by atoms with Gasteiger partial charge in [0.25, 0.3) is 0 Å². The van der Waals surface area contributed by atoms with Crippen LogP contribution in [0.3, 0.4) is 0 Å². The number of alkyl halides is 3. The minimum atomic E-state index is -4.51. The van der Waals surface area contributed by atoms with Gasteiger partial charge >= 0.3 is 6.18 Å². The Morgan fingerprint density at radius 2 is 1.41 bits per heavy atom. The van der Waals surface area contributed by atoms with Crippen molar-refractivity contribution in [1.82, 2.24) is 15.0 Å². The van der Waals surface area contributed by atoms with Gasteiger partial charge in [0.2, 0.25) is 0 Å². The second-order valence-corrected chi connectivity index (χ2v) is 6.16. The highest BCUT2D eigenvalue weighted by Gasteiger charge is 2.33. The molecule has 9 heteroatoms. The summed E-state index contributed by atoms with van der Waals surface area (Å²) in [4.78, 5) is 12.5. The first-order valence-electron chi connectivity index (χ1n) is 8.58. The number of nitrogens with one attached hydrogen (secondary N) is 2. The van der Waals surface area contributed by atoms with E-state index >= 15 is 0 Å². The largest absolute Gasteiger partial charge is 0.418 e. The Morgan fingerprint density at radius 3 is 2.17 bits per heavy atom. The van der Waals surface area contributed by atoms with Gasteiger partial charge in [-0.1, -0.05) is 30.3 Å². The fourth-order valence-corrected chi connectivity index (χ4v) is 2.89. The minimum absolute atomic E-state index is 0.0624. The van der Waals surface area contributed by atoms with Crippen LogP contribution in [0.2, 0.25) is 0 Å². The number of nitrogen functional groups attached to an aromatic ring is 1. The Hall–Kier alpha value is -3.88. The molecule has 6 nitrogen and oxygen atoms in total. The molecule has 0 fully saturated rings. The Kier molecular flexibility index (Phi) is 4.63. The molecule has 0 atom stereocenters. The molecule has 0 radical (unpaired) electrons. The van der Waals surface area contributed by atoms with Gasteiger partial charge in [-0.25, -0.2) is 9.97 Å². The van der Waals surface area contributed by atoms with E-state index in [9.17, 15) is 13.2 Å². The van der Waals surface area contributed by atoms with Crippen LogP contribution in [0.5, 0.6) is 0 Å². The summed E-state index contributed by atoms with van der Waals surface area (Å²) >= 11 is 0. The lowest BCUT2D eigenvalue weighted by Gasteiger charge is -2.16. The summed E-state index contributed by atoms with van der Waals surface area (Å²) in [6.45, 7) is 0. The molecular weight excluding hydrogens is 381 g/mol. The molecule has 0 aliphatic carbocycles. The van der Waals surface area contributed by atoms with Gasteiger partial charge in [0.05, 0.1) is 22.5 Å². The fourth-order valence-electron chi connectivity index (χ4n) is 2.89. The number of halogens is 3. The molecule has 0 amide bonds. The smallest absolute Gasteiger partial charge is 0.393 e. The maximum atomic E-state index is 13.2. The molecule has 2 heterocycles. The Bertz CT molecular complexity index is 1170. The van der Waals surface area contributed by atoms with Crippen molar-refractivity contribution in [2.75, 3.05) is 16.4 Å². The predicted molar refractivity (Wildman–Crippen MR) is 106 cm³/mol. The molecule has 0 aliphatic heterocycles. The topological polar surface area (TPSA) is 88.8 Å². The van der Waals surface area contributed by atoms with Gasteiger partial charge in [0.15, 0.2) is 11.6 Å². The van der Waals surface area contributed by atoms with Crippen molar-refractivity contribution in [3.63, 3.8) is 0 Å². The molecule has 4 aromatic rings. The van der Waals surface area contributed by atoms with Crippen molar-refractivity contribution in [1.29, 1.82) is 0 Å². The highest BCUT2D eigenvalue weighted by atomic mass is 19.4. The zero-order valence-electron chi connectivity index (χ0n) is 14.9. The van der Waals surface area contributed by atoms with E-state index < -0.39 is 11.7 Å². The van der Waals surface area contributed by atoms with Crippen LogP contribution in [0.4, 0.5) is 41.9 Å². The number of para-hydroxylation sites is 2. The number of benzene rings is 2. The quantitative estimate of drug-likeness (QED) is 0.444. The molecule has 0 saturated heterocycles. The van der Waals surface area contributed by atoms with Crippen LogP contribution >= 0.6 is 0 Å². The molecule has 146 valence electrons. The van der Waals surface area contributed by atoms with E-state index in [-0.39, 0.29) is 23.0 Å². The SMILES string of the molecule is Nc1c(Nc2ccccc2C(F)(F)F)ncnc1Nc1cccc2cccnc12. The molecule has 4 rings (SSSR count). The average Bonchev–Trinajstić information content (AvgIpc) is 2.71. The van der Waals surface area contributed by atoms with Crippen molar-refractivity contribution in [2.24, 2.45) is 0 Å². The molecule has 0 aliphatic rings.